The Morgan fingerprint density at radius 3 is 2.20 bits per heavy atom. The summed E-state index contributed by atoms with van der Waals surface area (Å²) >= 11 is 0. The lowest BCUT2D eigenvalue weighted by Crippen LogP contribution is -2.54. The summed E-state index contributed by atoms with van der Waals surface area (Å²) in [5, 5.41) is 14.1. The van der Waals surface area contributed by atoms with E-state index in [2.05, 4.69) is 5.32 Å². The monoisotopic (exact) mass is 582 g/mol. The number of nitrogens with one attached hydrogen (secondary N) is 1. The Morgan fingerprint density at radius 1 is 1.00 bits per heavy atom. The topological polar surface area (TPSA) is 139 Å². The Bertz CT molecular complexity index is 1490. The van der Waals surface area contributed by atoms with Crippen LogP contribution in [0.2, 0.25) is 0 Å². The van der Waals surface area contributed by atoms with Gasteiger partial charge in [-0.2, -0.15) is 0 Å². The molecule has 0 radical (unpaired) electrons. The third-order valence-corrected chi connectivity index (χ3v) is 7.90. The maximum atomic E-state index is 14.0. The smallest absolute Gasteiger partial charge is 0.269 e. The number of rotatable bonds is 11. The van der Waals surface area contributed by atoms with Crippen molar-refractivity contribution >= 4 is 33.2 Å². The molecule has 0 aliphatic rings. The van der Waals surface area contributed by atoms with Gasteiger partial charge in [-0.1, -0.05) is 30.3 Å². The molecule has 41 heavy (non-hydrogen) atoms. The maximum Gasteiger partial charge on any atom is 0.269 e. The first kappa shape index (κ1) is 31.1. The van der Waals surface area contributed by atoms with E-state index < -0.39 is 44.9 Å². The van der Waals surface area contributed by atoms with Crippen LogP contribution < -0.4 is 14.4 Å². The van der Waals surface area contributed by atoms with Crippen LogP contribution in [0.5, 0.6) is 5.75 Å². The van der Waals surface area contributed by atoms with Crippen LogP contribution in [0.15, 0.2) is 83.8 Å². The number of non-ortho nitro benzene ring substituents is 1. The molecule has 218 valence electrons. The summed E-state index contributed by atoms with van der Waals surface area (Å²) in [6.07, 6.45) is 0. The molecule has 1 N–H and O–H groups in total. The number of hydrogen-bond acceptors (Lipinski definition) is 7. The molecule has 3 rings (SSSR count). The van der Waals surface area contributed by atoms with Crippen molar-refractivity contribution in [2.24, 2.45) is 0 Å². The van der Waals surface area contributed by atoms with Gasteiger partial charge in [0.25, 0.3) is 15.7 Å². The van der Waals surface area contributed by atoms with Crippen LogP contribution in [0.1, 0.15) is 33.3 Å². The highest BCUT2D eigenvalue weighted by atomic mass is 32.2. The summed E-state index contributed by atoms with van der Waals surface area (Å²) in [5.74, 6) is -0.510. The normalized spacial score (nSPS) is 12.2. The number of methoxy groups -OCH3 is 1. The van der Waals surface area contributed by atoms with E-state index in [0.29, 0.717) is 11.3 Å². The zero-order valence-electron chi connectivity index (χ0n) is 23.6. The molecule has 0 bridgehead atoms. The molecule has 0 saturated carbocycles. The third-order valence-electron chi connectivity index (χ3n) is 6.11. The molecular formula is C29H34N4O7S. The predicted molar refractivity (Wildman–Crippen MR) is 155 cm³/mol. The van der Waals surface area contributed by atoms with E-state index in [0.717, 1.165) is 4.31 Å². The van der Waals surface area contributed by atoms with Crippen LogP contribution in [0, 0.1) is 10.1 Å². The van der Waals surface area contributed by atoms with Gasteiger partial charge in [0.1, 0.15) is 18.3 Å². The maximum absolute atomic E-state index is 14.0. The molecule has 0 spiro atoms. The van der Waals surface area contributed by atoms with Crippen molar-refractivity contribution in [3.05, 3.63) is 94.5 Å². The Hall–Kier alpha value is -4.45. The van der Waals surface area contributed by atoms with Crippen molar-refractivity contribution in [2.75, 3.05) is 18.0 Å². The summed E-state index contributed by atoms with van der Waals surface area (Å²) < 4.78 is 33.7. The van der Waals surface area contributed by atoms with Gasteiger partial charge in [-0.15, -0.1) is 0 Å². The fourth-order valence-electron chi connectivity index (χ4n) is 4.01. The lowest BCUT2D eigenvalue weighted by atomic mass is 10.1. The number of nitrogens with zero attached hydrogens (tertiary/aromatic N) is 3. The van der Waals surface area contributed by atoms with E-state index in [1.807, 2.05) is 20.8 Å². The standard InChI is InChI=1S/C29H34N4O7S/c1-21(28(35)30-29(2,3)4)31(19-22-10-9-11-25(18-22)40-5)27(34)20-32(23-14-16-24(17-15-23)33(36)37)41(38,39)26-12-7-6-8-13-26/h6-18,21H,19-20H2,1-5H3,(H,30,35)/t21-/m0/s1. The number of ether oxygens (including phenoxy) is 1. The number of hydrogen-bond donors (Lipinski definition) is 1. The van der Waals surface area contributed by atoms with Crippen LogP contribution in [-0.4, -0.2) is 55.3 Å². The Labute approximate surface area is 239 Å². The highest BCUT2D eigenvalue weighted by Gasteiger charge is 2.33. The second kappa shape index (κ2) is 12.8. The number of benzene rings is 3. The average molecular weight is 583 g/mol. The van der Waals surface area contributed by atoms with Gasteiger partial charge in [0.15, 0.2) is 0 Å². The molecular weight excluding hydrogens is 548 g/mol. The quantitative estimate of drug-likeness (QED) is 0.265. The number of carbonyl (C=O) groups is 2. The summed E-state index contributed by atoms with van der Waals surface area (Å²) in [5.41, 5.74) is -0.0802. The predicted octanol–water partition coefficient (Wildman–Crippen LogP) is 4.13. The van der Waals surface area contributed by atoms with Crippen LogP contribution in [0.3, 0.4) is 0 Å². The molecule has 0 saturated heterocycles. The molecule has 0 aliphatic carbocycles. The van der Waals surface area contributed by atoms with Crippen LogP contribution in [0.25, 0.3) is 0 Å². The minimum Gasteiger partial charge on any atom is -0.497 e. The molecule has 12 heteroatoms. The largest absolute Gasteiger partial charge is 0.497 e. The first-order valence-corrected chi connectivity index (χ1v) is 14.2. The second-order valence-corrected chi connectivity index (χ2v) is 12.2. The lowest BCUT2D eigenvalue weighted by molar-refractivity contribution is -0.384. The Kier molecular flexibility index (Phi) is 9.71. The van der Waals surface area contributed by atoms with Crippen LogP contribution >= 0.6 is 0 Å². The highest BCUT2D eigenvalue weighted by Crippen LogP contribution is 2.27. The van der Waals surface area contributed by atoms with Crippen molar-refractivity contribution in [2.45, 2.75) is 50.7 Å². The summed E-state index contributed by atoms with van der Waals surface area (Å²) in [7, 11) is -2.77. The summed E-state index contributed by atoms with van der Waals surface area (Å²) in [6, 6.07) is 18.5. The first-order valence-electron chi connectivity index (χ1n) is 12.8. The van der Waals surface area contributed by atoms with Gasteiger partial charge in [-0.3, -0.25) is 24.0 Å². The van der Waals surface area contributed by atoms with Gasteiger partial charge in [0.2, 0.25) is 11.8 Å². The Balaban J connectivity index is 2.05. The molecule has 0 fully saturated rings. The van der Waals surface area contributed by atoms with Crippen molar-refractivity contribution in [3.8, 4) is 5.75 Å². The van der Waals surface area contributed by atoms with Crippen molar-refractivity contribution in [1.29, 1.82) is 0 Å². The SMILES string of the molecule is COc1cccc(CN(C(=O)CN(c2ccc([N+](=O)[O-])cc2)S(=O)(=O)c2ccccc2)[C@@H](C)C(=O)NC(C)(C)C)c1. The number of sulfonamides is 1. The van der Waals surface area contributed by atoms with Gasteiger partial charge >= 0.3 is 0 Å². The van der Waals surface area contributed by atoms with E-state index in [9.17, 15) is 28.1 Å². The molecule has 0 aliphatic heterocycles. The molecule has 11 nitrogen and oxygen atoms in total. The van der Waals surface area contributed by atoms with Crippen LogP contribution in [0.4, 0.5) is 11.4 Å². The molecule has 0 aromatic heterocycles. The number of carbonyl (C=O) groups excluding carboxylic acids is 2. The van der Waals surface area contributed by atoms with Crippen molar-refractivity contribution in [1.82, 2.24) is 10.2 Å². The number of anilines is 1. The van der Waals surface area contributed by atoms with E-state index in [1.54, 1.807) is 49.4 Å². The van der Waals surface area contributed by atoms with Gasteiger partial charge < -0.3 is 15.0 Å². The average Bonchev–Trinajstić information content (AvgIpc) is 2.93. The molecule has 0 unspecified atom stereocenters. The zero-order chi connectivity index (χ0) is 30.4. The van der Waals surface area contributed by atoms with Gasteiger partial charge in [0, 0.05) is 24.2 Å². The summed E-state index contributed by atoms with van der Waals surface area (Å²) in [6.45, 7) is 6.35. The fourth-order valence-corrected chi connectivity index (χ4v) is 5.45. The highest BCUT2D eigenvalue weighted by molar-refractivity contribution is 7.92. The number of amides is 2. The zero-order valence-corrected chi connectivity index (χ0v) is 24.4. The van der Waals surface area contributed by atoms with Crippen molar-refractivity contribution in [3.63, 3.8) is 0 Å². The van der Waals surface area contributed by atoms with Crippen molar-refractivity contribution < 1.29 is 27.7 Å². The summed E-state index contributed by atoms with van der Waals surface area (Å²) in [4.78, 5) is 38.9. The minimum absolute atomic E-state index is 0.00571. The number of nitro benzene ring substituents is 1. The number of nitro groups is 1. The van der Waals surface area contributed by atoms with Gasteiger partial charge in [0.05, 0.1) is 22.6 Å². The molecule has 0 heterocycles. The van der Waals surface area contributed by atoms with E-state index in [-0.39, 0.29) is 22.8 Å². The van der Waals surface area contributed by atoms with Gasteiger partial charge in [-0.25, -0.2) is 8.42 Å². The van der Waals surface area contributed by atoms with E-state index in [1.165, 1.54) is 48.4 Å². The van der Waals surface area contributed by atoms with Gasteiger partial charge in [-0.05, 0) is 69.7 Å². The van der Waals surface area contributed by atoms with E-state index in [4.69, 9.17) is 4.74 Å². The molecule has 1 atom stereocenters. The van der Waals surface area contributed by atoms with Crippen LogP contribution in [-0.2, 0) is 26.2 Å². The molecule has 3 aromatic rings. The minimum atomic E-state index is -4.28. The first-order chi connectivity index (χ1) is 19.2. The second-order valence-electron chi connectivity index (χ2n) is 10.4. The Morgan fingerprint density at radius 2 is 1.63 bits per heavy atom. The third kappa shape index (κ3) is 8.04. The molecule has 3 aromatic carbocycles. The fraction of sp³-hybridized carbons (Fsp3) is 0.310. The van der Waals surface area contributed by atoms with E-state index >= 15 is 0 Å². The molecule has 2 amide bonds. The lowest BCUT2D eigenvalue weighted by Gasteiger charge is -2.33.